The molecule has 1 saturated heterocycles. The van der Waals surface area contributed by atoms with Gasteiger partial charge < -0.3 is 20.3 Å². The van der Waals surface area contributed by atoms with Crippen molar-refractivity contribution >= 4 is 51.4 Å². The Labute approximate surface area is 291 Å². The molecule has 2 aromatic heterocycles. The van der Waals surface area contributed by atoms with Crippen molar-refractivity contribution in [1.82, 2.24) is 19.4 Å². The van der Waals surface area contributed by atoms with E-state index < -0.39 is 44.8 Å². The molecule has 2 unspecified atom stereocenters. The molecule has 2 N–H and O–H groups in total. The molecule has 4 heterocycles. The summed E-state index contributed by atoms with van der Waals surface area (Å²) < 4.78 is 57.1. The van der Waals surface area contributed by atoms with Crippen molar-refractivity contribution in [3.05, 3.63) is 80.4 Å². The zero-order valence-electron chi connectivity index (χ0n) is 27.6. The zero-order valence-corrected chi connectivity index (χ0v) is 29.1. The molecule has 0 saturated carbocycles. The van der Waals surface area contributed by atoms with E-state index in [1.807, 2.05) is 39.5 Å². The Morgan fingerprint density at radius 2 is 1.67 bits per heavy atom. The number of nitrogens with two attached hydrogens (primary N) is 1. The number of amides is 1. The summed E-state index contributed by atoms with van der Waals surface area (Å²) >= 11 is 12.3. The van der Waals surface area contributed by atoms with Gasteiger partial charge in [0.05, 0.1) is 62.2 Å². The summed E-state index contributed by atoms with van der Waals surface area (Å²) in [7, 11) is 0. The van der Waals surface area contributed by atoms with Gasteiger partial charge in [0.1, 0.15) is 12.1 Å². The topological polar surface area (TPSA) is 107 Å². The molecule has 2 aliphatic rings. The van der Waals surface area contributed by atoms with Crippen molar-refractivity contribution in [2.75, 3.05) is 30.3 Å². The number of nitrogens with zero attached hydrogens (tertiary/aromatic N) is 5. The molecule has 0 aliphatic carbocycles. The number of hydrogen-bond donors (Lipinski definition) is 1. The molecule has 258 valence electrons. The fraction of sp³-hybridized carbons (Fsp3) is 0.371. The van der Waals surface area contributed by atoms with Gasteiger partial charge in [-0.25, -0.2) is 23.1 Å². The number of carbonyl (C=O) groups excluding carboxylic acids is 1. The smallest absolute Gasteiger partial charge is 0.300 e. The van der Waals surface area contributed by atoms with Crippen LogP contribution in [0, 0.1) is 17.5 Å². The maximum Gasteiger partial charge on any atom is 0.300 e. The number of halogens is 5. The normalized spacial score (nSPS) is 17.6. The number of carbonyl (C=O) groups is 1. The van der Waals surface area contributed by atoms with Gasteiger partial charge in [-0.2, -0.15) is 0 Å². The van der Waals surface area contributed by atoms with Crippen molar-refractivity contribution in [3.8, 4) is 22.6 Å². The van der Waals surface area contributed by atoms with Gasteiger partial charge in [-0.1, -0.05) is 57.5 Å². The third-order valence-corrected chi connectivity index (χ3v) is 9.81. The van der Waals surface area contributed by atoms with E-state index in [2.05, 4.69) is 16.5 Å². The second kappa shape index (κ2) is 12.9. The molecule has 0 spiro atoms. The molecule has 2 atom stereocenters. The molecule has 6 rings (SSSR count). The number of pyridine rings is 1. The highest BCUT2D eigenvalue weighted by atomic mass is 35.5. The van der Waals surface area contributed by atoms with Crippen molar-refractivity contribution in [2.24, 2.45) is 0 Å². The Morgan fingerprint density at radius 3 is 2.29 bits per heavy atom. The number of nitrogen functional groups attached to an aromatic ring is 1. The lowest BCUT2D eigenvalue weighted by Gasteiger charge is -2.45. The lowest BCUT2D eigenvalue weighted by atomic mass is 9.96. The standard InChI is InChI=1S/C35H35Cl2F3N6O3/c1-7-23(47)44-13-18-8-9-49-34-32(45(18)12-17(44)6)19-10-22(38)24(25-26(39)20(36)11-21(37)28(25)41)27(40)31(19)46(35(34)48)33-29(15(2)3)42-14-43-30(33)16(4)5/h7,10-11,14-18H,1,8-9,12-13,41H2,2-6H3. The third kappa shape index (κ3) is 5.49. The van der Waals surface area contributed by atoms with Gasteiger partial charge in [0.25, 0.3) is 5.56 Å². The Bertz CT molecular complexity index is 2050. The first kappa shape index (κ1) is 34.6. The summed E-state index contributed by atoms with van der Waals surface area (Å²) in [5.74, 6) is -4.54. The molecule has 4 aromatic rings. The van der Waals surface area contributed by atoms with Crippen molar-refractivity contribution < 1.29 is 22.7 Å². The van der Waals surface area contributed by atoms with E-state index in [9.17, 15) is 9.59 Å². The van der Waals surface area contributed by atoms with Gasteiger partial charge in [-0.3, -0.25) is 14.2 Å². The van der Waals surface area contributed by atoms with Crippen molar-refractivity contribution in [3.63, 3.8) is 0 Å². The fourth-order valence-corrected chi connectivity index (χ4v) is 7.37. The van der Waals surface area contributed by atoms with Gasteiger partial charge >= 0.3 is 0 Å². The summed E-state index contributed by atoms with van der Waals surface area (Å²) in [4.78, 5) is 40.1. The van der Waals surface area contributed by atoms with E-state index in [0.717, 1.165) is 16.7 Å². The highest BCUT2D eigenvalue weighted by Crippen LogP contribution is 2.47. The molecule has 1 amide bonds. The Kier molecular flexibility index (Phi) is 9.08. The first-order chi connectivity index (χ1) is 23.2. The number of ether oxygens (including phenoxy) is 1. The van der Waals surface area contributed by atoms with Crippen LogP contribution in [0.3, 0.4) is 0 Å². The number of rotatable bonds is 5. The summed E-state index contributed by atoms with van der Waals surface area (Å²) in [5.41, 5.74) is 4.29. The highest BCUT2D eigenvalue weighted by Gasteiger charge is 2.40. The molecule has 49 heavy (non-hydrogen) atoms. The van der Waals surface area contributed by atoms with Crippen LogP contribution in [0.4, 0.5) is 24.5 Å². The molecule has 0 radical (unpaired) electrons. The SMILES string of the molecule is C=CC(=O)N1CC2CCOc3c(c4cc(F)c(-c5c(N)c(Cl)cc(Cl)c5F)c(F)c4n(-c4c(C(C)C)ncnc4C(C)C)c3=O)N2CC1C. The minimum atomic E-state index is -1.28. The third-order valence-electron chi connectivity index (χ3n) is 9.22. The lowest BCUT2D eigenvalue weighted by molar-refractivity contribution is -0.129. The maximum absolute atomic E-state index is 17.5. The minimum Gasteiger partial charge on any atom is -0.486 e. The largest absolute Gasteiger partial charge is 0.486 e. The van der Waals surface area contributed by atoms with E-state index in [4.69, 9.17) is 33.7 Å². The molecular formula is C35H35Cl2F3N6O3. The summed E-state index contributed by atoms with van der Waals surface area (Å²) in [5, 5.41) is -0.723. The molecule has 2 aliphatic heterocycles. The number of anilines is 2. The van der Waals surface area contributed by atoms with E-state index in [0.29, 0.717) is 17.8 Å². The molecule has 2 aromatic carbocycles. The van der Waals surface area contributed by atoms with Gasteiger partial charge in [0.15, 0.2) is 11.6 Å². The van der Waals surface area contributed by atoms with E-state index in [-0.39, 0.29) is 82.6 Å². The number of aromatic nitrogens is 3. The lowest BCUT2D eigenvalue weighted by Crippen LogP contribution is -2.59. The van der Waals surface area contributed by atoms with Crippen LogP contribution in [0.2, 0.25) is 10.0 Å². The van der Waals surface area contributed by atoms with E-state index >= 15 is 13.2 Å². The van der Waals surface area contributed by atoms with Crippen LogP contribution >= 0.6 is 23.2 Å². The zero-order chi connectivity index (χ0) is 35.6. The van der Waals surface area contributed by atoms with Crippen LogP contribution < -0.4 is 20.9 Å². The number of benzene rings is 2. The monoisotopic (exact) mass is 714 g/mol. The number of hydrogen-bond acceptors (Lipinski definition) is 7. The predicted molar refractivity (Wildman–Crippen MR) is 186 cm³/mol. The van der Waals surface area contributed by atoms with Crippen LogP contribution in [-0.2, 0) is 4.79 Å². The molecule has 9 nitrogen and oxygen atoms in total. The second-order valence-electron chi connectivity index (χ2n) is 13.0. The molecule has 14 heteroatoms. The minimum absolute atomic E-state index is 0.0173. The van der Waals surface area contributed by atoms with Gasteiger partial charge in [0.2, 0.25) is 11.7 Å². The first-order valence-electron chi connectivity index (χ1n) is 15.9. The van der Waals surface area contributed by atoms with Gasteiger partial charge in [0, 0.05) is 36.5 Å². The van der Waals surface area contributed by atoms with Crippen LogP contribution in [0.15, 0.2) is 35.9 Å². The van der Waals surface area contributed by atoms with Crippen molar-refractivity contribution in [1.29, 1.82) is 0 Å². The van der Waals surface area contributed by atoms with E-state index in [1.165, 1.54) is 12.4 Å². The Balaban J connectivity index is 1.81. The molecule has 0 bridgehead atoms. The molecule has 1 fully saturated rings. The predicted octanol–water partition coefficient (Wildman–Crippen LogP) is 7.38. The number of piperazine rings is 1. The van der Waals surface area contributed by atoms with Crippen LogP contribution in [0.1, 0.15) is 64.3 Å². The summed E-state index contributed by atoms with van der Waals surface area (Å²) in [6.07, 6.45) is 3.02. The second-order valence-corrected chi connectivity index (χ2v) is 13.8. The Morgan fingerprint density at radius 1 is 1.02 bits per heavy atom. The average molecular weight is 716 g/mol. The van der Waals surface area contributed by atoms with Crippen LogP contribution in [0.25, 0.3) is 27.7 Å². The van der Waals surface area contributed by atoms with Gasteiger partial charge in [-0.05, 0) is 37.0 Å². The summed E-state index contributed by atoms with van der Waals surface area (Å²) in [6, 6.07) is 1.36. The molecular weight excluding hydrogens is 680 g/mol. The van der Waals surface area contributed by atoms with Gasteiger partial charge in [-0.15, -0.1) is 0 Å². The van der Waals surface area contributed by atoms with E-state index in [1.54, 1.807) is 4.90 Å². The highest BCUT2D eigenvalue weighted by molar-refractivity contribution is 6.37. The number of fused-ring (bicyclic) bond motifs is 5. The van der Waals surface area contributed by atoms with Crippen LogP contribution in [-0.4, -0.2) is 57.1 Å². The van der Waals surface area contributed by atoms with Crippen molar-refractivity contribution in [2.45, 2.75) is 65.0 Å². The Hall–Kier alpha value is -4.29. The average Bonchev–Trinajstić information content (AvgIpc) is 3.24. The fourth-order valence-electron chi connectivity index (χ4n) is 6.91. The summed E-state index contributed by atoms with van der Waals surface area (Å²) in [6.45, 7) is 13.5. The van der Waals surface area contributed by atoms with Crippen LogP contribution in [0.5, 0.6) is 5.75 Å². The maximum atomic E-state index is 17.5. The quantitative estimate of drug-likeness (QED) is 0.131. The first-order valence-corrected chi connectivity index (χ1v) is 16.7.